The zero-order valence-corrected chi connectivity index (χ0v) is 7.31. The summed E-state index contributed by atoms with van der Waals surface area (Å²) < 4.78 is 0. The first-order valence-electron chi connectivity index (χ1n) is 5.20. The lowest BCUT2D eigenvalue weighted by Crippen LogP contribution is -2.12. The molecule has 1 saturated heterocycles. The lowest BCUT2D eigenvalue weighted by atomic mass is 9.89. The summed E-state index contributed by atoms with van der Waals surface area (Å²) in [6.45, 7) is 1.31. The standard InChI is InChI=1S/C10H19N/c1-2-4-6-9(7-5-3-1)10-8-11-10/h9-11H,1-8H2. The predicted molar refractivity (Wildman–Crippen MR) is 47.6 cm³/mol. The summed E-state index contributed by atoms with van der Waals surface area (Å²) in [4.78, 5) is 0. The molecule has 1 unspecified atom stereocenters. The highest BCUT2D eigenvalue weighted by molar-refractivity contribution is 4.90. The fourth-order valence-electron chi connectivity index (χ4n) is 2.29. The van der Waals surface area contributed by atoms with Crippen LogP contribution in [0.15, 0.2) is 0 Å². The molecule has 1 heteroatoms. The Bertz CT molecular complexity index is 110. The van der Waals surface area contributed by atoms with Crippen molar-refractivity contribution in [3.05, 3.63) is 0 Å². The van der Waals surface area contributed by atoms with Crippen molar-refractivity contribution >= 4 is 0 Å². The summed E-state index contributed by atoms with van der Waals surface area (Å²) in [6.07, 6.45) is 10.4. The molecule has 0 amide bonds. The van der Waals surface area contributed by atoms with Crippen molar-refractivity contribution in [2.45, 2.75) is 51.0 Å². The number of hydrogen-bond donors (Lipinski definition) is 1. The summed E-state index contributed by atoms with van der Waals surface area (Å²) in [7, 11) is 0. The monoisotopic (exact) mass is 153 g/mol. The molecule has 2 rings (SSSR count). The third-order valence-electron chi connectivity index (χ3n) is 3.16. The maximum absolute atomic E-state index is 3.45. The Morgan fingerprint density at radius 3 is 1.91 bits per heavy atom. The lowest BCUT2D eigenvalue weighted by Gasteiger charge is -2.17. The lowest BCUT2D eigenvalue weighted by molar-refractivity contribution is 0.373. The minimum absolute atomic E-state index is 0.924. The predicted octanol–water partition coefficient (Wildman–Crippen LogP) is 2.32. The highest BCUT2D eigenvalue weighted by atomic mass is 15.1. The Morgan fingerprint density at radius 2 is 1.36 bits per heavy atom. The van der Waals surface area contributed by atoms with Crippen LogP contribution in [-0.2, 0) is 0 Å². The molecule has 0 aromatic carbocycles. The fourth-order valence-corrected chi connectivity index (χ4v) is 2.29. The minimum atomic E-state index is 0.924. The Balaban J connectivity index is 1.76. The van der Waals surface area contributed by atoms with Crippen molar-refractivity contribution in [1.29, 1.82) is 0 Å². The van der Waals surface area contributed by atoms with E-state index < -0.39 is 0 Å². The molecule has 1 N–H and O–H groups in total. The van der Waals surface area contributed by atoms with Crippen molar-refractivity contribution in [3.8, 4) is 0 Å². The first kappa shape index (κ1) is 7.60. The molecule has 0 radical (unpaired) electrons. The van der Waals surface area contributed by atoms with Crippen LogP contribution >= 0.6 is 0 Å². The number of rotatable bonds is 1. The maximum atomic E-state index is 3.45. The molecule has 0 spiro atoms. The van der Waals surface area contributed by atoms with E-state index >= 15 is 0 Å². The van der Waals surface area contributed by atoms with E-state index in [9.17, 15) is 0 Å². The molecular formula is C10H19N. The third kappa shape index (κ3) is 2.19. The second kappa shape index (κ2) is 3.57. The Kier molecular flexibility index (Phi) is 2.47. The van der Waals surface area contributed by atoms with Gasteiger partial charge in [0.15, 0.2) is 0 Å². The maximum Gasteiger partial charge on any atom is 0.0221 e. The van der Waals surface area contributed by atoms with Crippen molar-refractivity contribution in [1.82, 2.24) is 5.32 Å². The van der Waals surface area contributed by atoms with Gasteiger partial charge >= 0.3 is 0 Å². The molecule has 64 valence electrons. The highest BCUT2D eigenvalue weighted by Gasteiger charge is 2.29. The van der Waals surface area contributed by atoms with Gasteiger partial charge in [0.1, 0.15) is 0 Å². The molecule has 2 fully saturated rings. The molecular weight excluding hydrogens is 134 g/mol. The van der Waals surface area contributed by atoms with Crippen molar-refractivity contribution in [3.63, 3.8) is 0 Å². The van der Waals surface area contributed by atoms with Gasteiger partial charge < -0.3 is 5.32 Å². The van der Waals surface area contributed by atoms with Crippen LogP contribution in [-0.4, -0.2) is 12.6 Å². The SMILES string of the molecule is C1CCCC(C2CN2)CCC1. The molecule has 1 heterocycles. The van der Waals surface area contributed by atoms with Gasteiger partial charge in [0.25, 0.3) is 0 Å². The van der Waals surface area contributed by atoms with Crippen LogP contribution in [0.4, 0.5) is 0 Å². The Hall–Kier alpha value is -0.0400. The van der Waals surface area contributed by atoms with Crippen LogP contribution in [0, 0.1) is 5.92 Å². The quantitative estimate of drug-likeness (QED) is 0.574. The largest absolute Gasteiger partial charge is 0.311 e. The van der Waals surface area contributed by atoms with Crippen LogP contribution in [0.25, 0.3) is 0 Å². The van der Waals surface area contributed by atoms with Crippen molar-refractivity contribution in [2.24, 2.45) is 5.92 Å². The first-order valence-corrected chi connectivity index (χ1v) is 5.20. The molecule has 1 nitrogen and oxygen atoms in total. The summed E-state index contributed by atoms with van der Waals surface area (Å²) in [5, 5.41) is 3.45. The van der Waals surface area contributed by atoms with Crippen LogP contribution in [0.3, 0.4) is 0 Å². The van der Waals surface area contributed by atoms with Crippen molar-refractivity contribution < 1.29 is 0 Å². The summed E-state index contributed by atoms with van der Waals surface area (Å²) in [5.74, 6) is 1.04. The van der Waals surface area contributed by atoms with E-state index in [1.807, 2.05) is 0 Å². The van der Waals surface area contributed by atoms with E-state index in [-0.39, 0.29) is 0 Å². The van der Waals surface area contributed by atoms with E-state index in [1.54, 1.807) is 0 Å². The van der Waals surface area contributed by atoms with Gasteiger partial charge in [0.2, 0.25) is 0 Å². The molecule has 1 saturated carbocycles. The van der Waals surface area contributed by atoms with Gasteiger partial charge in [-0.15, -0.1) is 0 Å². The molecule has 1 aliphatic heterocycles. The summed E-state index contributed by atoms with van der Waals surface area (Å²) >= 11 is 0. The average molecular weight is 153 g/mol. The molecule has 2 aliphatic rings. The van der Waals surface area contributed by atoms with Gasteiger partial charge in [0.05, 0.1) is 0 Å². The molecule has 0 aromatic heterocycles. The second-order valence-corrected chi connectivity index (χ2v) is 4.12. The van der Waals surface area contributed by atoms with Gasteiger partial charge in [-0.3, -0.25) is 0 Å². The summed E-state index contributed by atoms with van der Waals surface area (Å²) in [6, 6.07) is 0.924. The fraction of sp³-hybridized carbons (Fsp3) is 1.00. The second-order valence-electron chi connectivity index (χ2n) is 4.12. The van der Waals surface area contributed by atoms with E-state index in [4.69, 9.17) is 0 Å². The van der Waals surface area contributed by atoms with E-state index in [0.29, 0.717) is 0 Å². The highest BCUT2D eigenvalue weighted by Crippen LogP contribution is 2.27. The normalized spacial score (nSPS) is 34.4. The van der Waals surface area contributed by atoms with Crippen LogP contribution in [0.5, 0.6) is 0 Å². The van der Waals surface area contributed by atoms with Gasteiger partial charge in [-0.1, -0.05) is 32.1 Å². The number of nitrogens with one attached hydrogen (secondary N) is 1. The van der Waals surface area contributed by atoms with Crippen LogP contribution in [0.1, 0.15) is 44.9 Å². The Labute approximate surface area is 69.6 Å². The average Bonchev–Trinajstić information content (AvgIpc) is 2.68. The number of hydrogen-bond acceptors (Lipinski definition) is 1. The van der Waals surface area contributed by atoms with Crippen molar-refractivity contribution in [2.75, 3.05) is 6.54 Å². The van der Waals surface area contributed by atoms with E-state index in [2.05, 4.69) is 5.32 Å². The van der Waals surface area contributed by atoms with Crippen LogP contribution < -0.4 is 5.32 Å². The first-order chi connectivity index (χ1) is 5.47. The van der Waals surface area contributed by atoms with Gasteiger partial charge in [0, 0.05) is 12.6 Å². The van der Waals surface area contributed by atoms with E-state index in [1.165, 1.54) is 51.5 Å². The van der Waals surface area contributed by atoms with E-state index in [0.717, 1.165) is 12.0 Å². The molecule has 0 bridgehead atoms. The van der Waals surface area contributed by atoms with Crippen LogP contribution in [0.2, 0.25) is 0 Å². The molecule has 1 aliphatic carbocycles. The molecule has 11 heavy (non-hydrogen) atoms. The zero-order chi connectivity index (χ0) is 7.52. The smallest absolute Gasteiger partial charge is 0.0221 e. The zero-order valence-electron chi connectivity index (χ0n) is 7.31. The van der Waals surface area contributed by atoms with Gasteiger partial charge in [-0.25, -0.2) is 0 Å². The molecule has 1 atom stereocenters. The minimum Gasteiger partial charge on any atom is -0.311 e. The summed E-state index contributed by atoms with van der Waals surface area (Å²) in [5.41, 5.74) is 0. The topological polar surface area (TPSA) is 21.9 Å². The van der Waals surface area contributed by atoms with Gasteiger partial charge in [-0.2, -0.15) is 0 Å². The third-order valence-corrected chi connectivity index (χ3v) is 3.16. The Morgan fingerprint density at radius 1 is 0.818 bits per heavy atom. The molecule has 0 aromatic rings. The van der Waals surface area contributed by atoms with Gasteiger partial charge in [-0.05, 0) is 18.8 Å².